The number of hydrogen-bond acceptors (Lipinski definition) is 5. The minimum atomic E-state index is -0.835. The van der Waals surface area contributed by atoms with Crippen molar-refractivity contribution in [2.75, 3.05) is 11.9 Å². The number of aromatic nitrogens is 4. The molecule has 16 heavy (non-hydrogen) atoms. The Morgan fingerprint density at radius 1 is 1.56 bits per heavy atom. The van der Waals surface area contributed by atoms with Gasteiger partial charge >= 0.3 is 5.69 Å². The molecule has 86 valence electrons. The van der Waals surface area contributed by atoms with Gasteiger partial charge in [-0.1, -0.05) is 0 Å². The van der Waals surface area contributed by atoms with Gasteiger partial charge in [0.05, 0.1) is 5.60 Å². The van der Waals surface area contributed by atoms with Crippen LogP contribution in [-0.4, -0.2) is 37.1 Å². The van der Waals surface area contributed by atoms with E-state index >= 15 is 0 Å². The van der Waals surface area contributed by atoms with Crippen molar-refractivity contribution in [2.45, 2.75) is 19.4 Å². The Bertz CT molecular complexity index is 551. The van der Waals surface area contributed by atoms with Crippen molar-refractivity contribution in [1.29, 1.82) is 0 Å². The standard InChI is InChI=1S/C9H13N5O2/c1-9(2,16)5-10-6-3-4-7-11-12-8(15)14(7)13-6/h3-4,16H,5H2,1-2H3,(H,10,13)(H,12,15). The van der Waals surface area contributed by atoms with E-state index in [9.17, 15) is 9.90 Å². The molecule has 3 N–H and O–H groups in total. The molecule has 7 heteroatoms. The Hall–Kier alpha value is -1.89. The third kappa shape index (κ3) is 2.19. The van der Waals surface area contributed by atoms with Gasteiger partial charge in [0, 0.05) is 6.54 Å². The third-order valence-electron chi connectivity index (χ3n) is 1.98. The van der Waals surface area contributed by atoms with Crippen LogP contribution in [0.2, 0.25) is 0 Å². The molecule has 0 saturated heterocycles. The number of nitrogens with zero attached hydrogens (tertiary/aromatic N) is 3. The van der Waals surface area contributed by atoms with Crippen LogP contribution in [0.3, 0.4) is 0 Å². The molecule has 0 fully saturated rings. The van der Waals surface area contributed by atoms with E-state index in [0.717, 1.165) is 4.52 Å². The lowest BCUT2D eigenvalue weighted by Gasteiger charge is -2.17. The molecule has 0 aliphatic heterocycles. The van der Waals surface area contributed by atoms with Gasteiger partial charge in [0.2, 0.25) is 0 Å². The van der Waals surface area contributed by atoms with E-state index in [0.29, 0.717) is 18.0 Å². The van der Waals surface area contributed by atoms with Crippen LogP contribution < -0.4 is 11.0 Å². The van der Waals surface area contributed by atoms with E-state index in [1.807, 2.05) is 0 Å². The number of aliphatic hydroxyl groups is 1. The zero-order valence-corrected chi connectivity index (χ0v) is 9.06. The van der Waals surface area contributed by atoms with Crippen molar-refractivity contribution < 1.29 is 5.11 Å². The summed E-state index contributed by atoms with van der Waals surface area (Å²) < 4.78 is 1.16. The van der Waals surface area contributed by atoms with E-state index in [4.69, 9.17) is 0 Å². The van der Waals surface area contributed by atoms with Gasteiger partial charge in [0.25, 0.3) is 0 Å². The van der Waals surface area contributed by atoms with Gasteiger partial charge in [-0.2, -0.15) is 9.61 Å². The maximum Gasteiger partial charge on any atom is 0.364 e. The fourth-order valence-corrected chi connectivity index (χ4v) is 1.20. The van der Waals surface area contributed by atoms with Crippen LogP contribution in [0.4, 0.5) is 5.82 Å². The summed E-state index contributed by atoms with van der Waals surface area (Å²) in [5, 5.41) is 22.5. The molecule has 2 aromatic heterocycles. The lowest BCUT2D eigenvalue weighted by atomic mass is 10.1. The Kier molecular flexibility index (Phi) is 2.39. The van der Waals surface area contributed by atoms with Gasteiger partial charge in [-0.15, -0.1) is 5.10 Å². The monoisotopic (exact) mass is 223 g/mol. The first kappa shape index (κ1) is 10.6. The SMILES string of the molecule is CC(C)(O)CNc1ccc2n[nH]c(=O)n2n1. The van der Waals surface area contributed by atoms with Crippen molar-refractivity contribution in [3.05, 3.63) is 22.6 Å². The van der Waals surface area contributed by atoms with Gasteiger partial charge in [-0.05, 0) is 26.0 Å². The van der Waals surface area contributed by atoms with E-state index in [2.05, 4.69) is 20.6 Å². The number of H-pyrrole nitrogens is 1. The van der Waals surface area contributed by atoms with Crippen molar-refractivity contribution in [3.8, 4) is 0 Å². The molecule has 0 aromatic carbocycles. The summed E-state index contributed by atoms with van der Waals surface area (Å²) in [6.45, 7) is 3.71. The molecule has 2 rings (SSSR count). The minimum Gasteiger partial charge on any atom is -0.389 e. The van der Waals surface area contributed by atoms with Crippen LogP contribution in [0, 0.1) is 0 Å². The number of nitrogens with one attached hydrogen (secondary N) is 2. The third-order valence-corrected chi connectivity index (χ3v) is 1.98. The average molecular weight is 223 g/mol. The minimum absolute atomic E-state index is 0.345. The quantitative estimate of drug-likeness (QED) is 0.658. The Morgan fingerprint density at radius 3 is 3.00 bits per heavy atom. The average Bonchev–Trinajstić information content (AvgIpc) is 2.56. The molecule has 7 nitrogen and oxygen atoms in total. The molecule has 0 aliphatic carbocycles. The Labute approximate surface area is 91.1 Å². The fraction of sp³-hybridized carbons (Fsp3) is 0.444. The van der Waals surface area contributed by atoms with E-state index in [1.54, 1.807) is 26.0 Å². The Morgan fingerprint density at radius 2 is 2.31 bits per heavy atom. The summed E-state index contributed by atoms with van der Waals surface area (Å²) in [4.78, 5) is 11.2. The van der Waals surface area contributed by atoms with Crippen LogP contribution in [0.5, 0.6) is 0 Å². The second-order valence-corrected chi connectivity index (χ2v) is 4.18. The topological polar surface area (TPSA) is 95.3 Å². The molecule has 0 atom stereocenters. The van der Waals surface area contributed by atoms with E-state index in [-0.39, 0.29) is 5.69 Å². The number of rotatable bonds is 3. The molecule has 0 saturated carbocycles. The molecule has 0 amide bonds. The van der Waals surface area contributed by atoms with Crippen molar-refractivity contribution >= 4 is 11.5 Å². The lowest BCUT2D eigenvalue weighted by Crippen LogP contribution is -2.30. The highest BCUT2D eigenvalue weighted by atomic mass is 16.3. The van der Waals surface area contributed by atoms with E-state index in [1.165, 1.54) is 0 Å². The van der Waals surface area contributed by atoms with Gasteiger partial charge < -0.3 is 10.4 Å². The summed E-state index contributed by atoms with van der Waals surface area (Å²) in [6.07, 6.45) is 0. The highest BCUT2D eigenvalue weighted by Gasteiger charge is 2.12. The van der Waals surface area contributed by atoms with Crippen LogP contribution in [0.1, 0.15) is 13.8 Å². The summed E-state index contributed by atoms with van der Waals surface area (Å²) in [5.41, 5.74) is -0.765. The van der Waals surface area contributed by atoms with Gasteiger partial charge in [-0.3, -0.25) is 0 Å². The first-order valence-electron chi connectivity index (χ1n) is 4.86. The van der Waals surface area contributed by atoms with Crippen molar-refractivity contribution in [3.63, 3.8) is 0 Å². The normalized spacial score (nSPS) is 11.9. The number of aromatic amines is 1. The molecule has 0 radical (unpaired) electrons. The smallest absolute Gasteiger partial charge is 0.364 e. The summed E-state index contributed by atoms with van der Waals surface area (Å²) in [7, 11) is 0. The van der Waals surface area contributed by atoms with Crippen LogP contribution in [0.25, 0.3) is 5.65 Å². The molecule has 0 bridgehead atoms. The van der Waals surface area contributed by atoms with Crippen molar-refractivity contribution in [1.82, 2.24) is 19.8 Å². The maximum absolute atomic E-state index is 11.2. The predicted octanol–water partition coefficient (Wildman–Crippen LogP) is -0.400. The molecule has 2 heterocycles. The predicted molar refractivity (Wildman–Crippen MR) is 58.4 cm³/mol. The molecular formula is C9H13N5O2. The van der Waals surface area contributed by atoms with Crippen LogP contribution >= 0.6 is 0 Å². The molecule has 0 aliphatic rings. The highest BCUT2D eigenvalue weighted by Crippen LogP contribution is 2.06. The lowest BCUT2D eigenvalue weighted by molar-refractivity contribution is 0.0944. The summed E-state index contributed by atoms with van der Waals surface area (Å²) >= 11 is 0. The molecule has 2 aromatic rings. The molecular weight excluding hydrogens is 210 g/mol. The van der Waals surface area contributed by atoms with Crippen LogP contribution in [0.15, 0.2) is 16.9 Å². The number of anilines is 1. The van der Waals surface area contributed by atoms with E-state index < -0.39 is 5.60 Å². The molecule has 0 unspecified atom stereocenters. The first-order chi connectivity index (χ1) is 7.46. The van der Waals surface area contributed by atoms with Gasteiger partial charge in [0.1, 0.15) is 5.82 Å². The zero-order valence-electron chi connectivity index (χ0n) is 9.06. The zero-order chi connectivity index (χ0) is 11.8. The first-order valence-corrected chi connectivity index (χ1v) is 4.86. The largest absolute Gasteiger partial charge is 0.389 e. The second kappa shape index (κ2) is 3.60. The number of hydrogen-bond donors (Lipinski definition) is 3. The van der Waals surface area contributed by atoms with Crippen molar-refractivity contribution in [2.24, 2.45) is 0 Å². The van der Waals surface area contributed by atoms with Crippen LogP contribution in [-0.2, 0) is 0 Å². The van der Waals surface area contributed by atoms with Gasteiger partial charge in [0.15, 0.2) is 5.65 Å². The number of fused-ring (bicyclic) bond motifs is 1. The fourth-order valence-electron chi connectivity index (χ4n) is 1.20. The highest BCUT2D eigenvalue weighted by molar-refractivity contribution is 5.43. The second-order valence-electron chi connectivity index (χ2n) is 4.18. The maximum atomic E-state index is 11.2. The summed E-state index contributed by atoms with van der Waals surface area (Å²) in [5.74, 6) is 0.512. The van der Waals surface area contributed by atoms with Gasteiger partial charge in [-0.25, -0.2) is 9.89 Å². The Balaban J connectivity index is 2.26. The molecule has 0 spiro atoms. The summed E-state index contributed by atoms with van der Waals surface area (Å²) in [6, 6.07) is 3.36.